The summed E-state index contributed by atoms with van der Waals surface area (Å²) in [6, 6.07) is 6.58. The van der Waals surface area contributed by atoms with Gasteiger partial charge in [-0.25, -0.2) is 9.59 Å². The maximum Gasteiger partial charge on any atom is 0.338 e. The Morgan fingerprint density at radius 3 is 2.50 bits per heavy atom. The third-order valence-corrected chi connectivity index (χ3v) is 3.72. The van der Waals surface area contributed by atoms with Crippen LogP contribution < -0.4 is 10.6 Å². The van der Waals surface area contributed by atoms with Gasteiger partial charge in [-0.15, -0.1) is 11.3 Å². The number of benzene rings is 1. The van der Waals surface area contributed by atoms with E-state index in [0.717, 1.165) is 11.1 Å². The molecule has 0 unspecified atom stereocenters. The Morgan fingerprint density at radius 1 is 1.10 bits per heavy atom. The molecule has 0 aliphatic carbocycles. The Balaban J connectivity index is 2.07. The molecule has 20 heavy (non-hydrogen) atoms. The topological polar surface area (TPSA) is 78.4 Å². The van der Waals surface area contributed by atoms with Crippen LogP contribution in [0.15, 0.2) is 29.6 Å². The Kier molecular flexibility index (Phi) is 4.05. The quantitative estimate of drug-likeness (QED) is 0.806. The maximum absolute atomic E-state index is 11.8. The monoisotopic (exact) mass is 290 g/mol. The van der Waals surface area contributed by atoms with Gasteiger partial charge in [0, 0.05) is 5.69 Å². The van der Waals surface area contributed by atoms with E-state index in [1.165, 1.54) is 17.4 Å². The first kappa shape index (κ1) is 14.1. The summed E-state index contributed by atoms with van der Waals surface area (Å²) in [6.45, 7) is 3.95. The summed E-state index contributed by atoms with van der Waals surface area (Å²) in [4.78, 5) is 22.8. The molecule has 5 nitrogen and oxygen atoms in total. The highest BCUT2D eigenvalue weighted by atomic mass is 32.1. The number of amides is 2. The van der Waals surface area contributed by atoms with Crippen LogP contribution in [0.4, 0.5) is 15.5 Å². The highest BCUT2D eigenvalue weighted by Gasteiger charge is 2.13. The zero-order valence-corrected chi connectivity index (χ0v) is 11.9. The molecule has 0 saturated heterocycles. The summed E-state index contributed by atoms with van der Waals surface area (Å²) in [5.74, 6) is -1.06. The van der Waals surface area contributed by atoms with Crippen LogP contribution in [0.25, 0.3) is 0 Å². The van der Waals surface area contributed by atoms with Crippen LogP contribution in [0.1, 0.15) is 21.5 Å². The van der Waals surface area contributed by atoms with Crippen molar-refractivity contribution in [2.45, 2.75) is 13.8 Å². The average Bonchev–Trinajstić information content (AvgIpc) is 2.82. The number of carbonyl (C=O) groups is 2. The average molecular weight is 290 g/mol. The van der Waals surface area contributed by atoms with Gasteiger partial charge in [0.1, 0.15) is 5.00 Å². The van der Waals surface area contributed by atoms with E-state index < -0.39 is 12.0 Å². The maximum atomic E-state index is 11.8. The molecule has 3 N–H and O–H groups in total. The van der Waals surface area contributed by atoms with Gasteiger partial charge in [0.05, 0.1) is 5.56 Å². The standard InChI is InChI=1S/C14H14N2O3S/c1-8-3-4-10(7-9(8)2)15-14(19)16-12-11(13(17)18)5-6-20-12/h3-7H,1-2H3,(H,17,18)(H2,15,16,19). The first-order valence-corrected chi connectivity index (χ1v) is 6.81. The molecule has 2 rings (SSSR count). The molecule has 6 heteroatoms. The molecule has 0 fully saturated rings. The van der Waals surface area contributed by atoms with Crippen molar-refractivity contribution in [2.75, 3.05) is 10.6 Å². The van der Waals surface area contributed by atoms with Crippen molar-refractivity contribution in [3.8, 4) is 0 Å². The highest BCUT2D eigenvalue weighted by Crippen LogP contribution is 2.23. The Hall–Kier alpha value is -2.34. The number of aromatic carboxylic acids is 1. The molecule has 0 radical (unpaired) electrons. The summed E-state index contributed by atoms with van der Waals surface area (Å²) in [5, 5.41) is 16.1. The Morgan fingerprint density at radius 2 is 1.85 bits per heavy atom. The number of thiophene rings is 1. The lowest BCUT2D eigenvalue weighted by Gasteiger charge is -2.08. The number of carbonyl (C=O) groups excluding carboxylic acids is 1. The molecule has 0 bridgehead atoms. The zero-order valence-electron chi connectivity index (χ0n) is 11.1. The molecule has 0 saturated carbocycles. The highest BCUT2D eigenvalue weighted by molar-refractivity contribution is 7.14. The van der Waals surface area contributed by atoms with Crippen molar-refractivity contribution in [1.29, 1.82) is 0 Å². The summed E-state index contributed by atoms with van der Waals surface area (Å²) in [6.07, 6.45) is 0. The van der Waals surface area contributed by atoms with Crippen molar-refractivity contribution in [2.24, 2.45) is 0 Å². The van der Waals surface area contributed by atoms with E-state index in [1.54, 1.807) is 11.4 Å². The second-order valence-corrected chi connectivity index (χ2v) is 5.26. The van der Waals surface area contributed by atoms with Gasteiger partial charge in [0.15, 0.2) is 0 Å². The van der Waals surface area contributed by atoms with Gasteiger partial charge < -0.3 is 10.4 Å². The van der Waals surface area contributed by atoms with Gasteiger partial charge >= 0.3 is 12.0 Å². The van der Waals surface area contributed by atoms with Gasteiger partial charge in [0.2, 0.25) is 0 Å². The van der Waals surface area contributed by atoms with E-state index >= 15 is 0 Å². The van der Waals surface area contributed by atoms with Gasteiger partial charge in [0.25, 0.3) is 0 Å². The number of carboxylic acid groups (broad SMARTS) is 1. The van der Waals surface area contributed by atoms with Gasteiger partial charge in [-0.2, -0.15) is 0 Å². The predicted octanol–water partition coefficient (Wildman–Crippen LogP) is 3.71. The largest absolute Gasteiger partial charge is 0.478 e. The van der Waals surface area contributed by atoms with Gasteiger partial charge in [-0.05, 0) is 48.6 Å². The summed E-state index contributed by atoms with van der Waals surface area (Å²) < 4.78 is 0. The third-order valence-electron chi connectivity index (χ3n) is 2.89. The number of urea groups is 1. The van der Waals surface area contributed by atoms with Crippen molar-refractivity contribution in [1.82, 2.24) is 0 Å². The molecule has 1 heterocycles. The van der Waals surface area contributed by atoms with E-state index in [4.69, 9.17) is 5.11 Å². The molecule has 1 aromatic carbocycles. The molecule has 0 aliphatic heterocycles. The summed E-state index contributed by atoms with van der Waals surface area (Å²) in [7, 11) is 0. The molecule has 0 atom stereocenters. The Labute approximate surface area is 120 Å². The molecular formula is C14H14N2O3S. The Bertz CT molecular complexity index is 664. The third kappa shape index (κ3) is 3.16. The van der Waals surface area contributed by atoms with Crippen LogP contribution >= 0.6 is 11.3 Å². The minimum absolute atomic E-state index is 0.0882. The number of carboxylic acids is 1. The summed E-state index contributed by atoms with van der Waals surface area (Å²) >= 11 is 1.17. The van der Waals surface area contributed by atoms with E-state index in [9.17, 15) is 9.59 Å². The molecule has 0 aliphatic rings. The van der Waals surface area contributed by atoms with E-state index in [0.29, 0.717) is 10.7 Å². The summed E-state index contributed by atoms with van der Waals surface area (Å²) in [5.41, 5.74) is 2.97. The molecule has 0 spiro atoms. The van der Waals surface area contributed by atoms with Gasteiger partial charge in [-0.3, -0.25) is 5.32 Å². The minimum Gasteiger partial charge on any atom is -0.478 e. The number of anilines is 2. The SMILES string of the molecule is Cc1ccc(NC(=O)Nc2sccc2C(=O)O)cc1C. The van der Waals surface area contributed by atoms with Crippen LogP contribution in [-0.4, -0.2) is 17.1 Å². The molecule has 1 aromatic heterocycles. The number of aryl methyl sites for hydroxylation is 2. The minimum atomic E-state index is -1.06. The number of nitrogens with one attached hydrogen (secondary N) is 2. The fourth-order valence-electron chi connectivity index (χ4n) is 1.66. The molecule has 2 amide bonds. The second-order valence-electron chi connectivity index (χ2n) is 4.35. The van der Waals surface area contributed by atoms with Gasteiger partial charge in [-0.1, -0.05) is 6.07 Å². The lowest BCUT2D eigenvalue weighted by Crippen LogP contribution is -2.20. The van der Waals surface area contributed by atoms with Crippen LogP contribution in [0.2, 0.25) is 0 Å². The molecule has 104 valence electrons. The van der Waals surface area contributed by atoms with Crippen molar-refractivity contribution in [3.05, 3.63) is 46.3 Å². The number of rotatable bonds is 3. The van der Waals surface area contributed by atoms with Crippen LogP contribution in [0, 0.1) is 13.8 Å². The van der Waals surface area contributed by atoms with Crippen LogP contribution in [0.3, 0.4) is 0 Å². The van der Waals surface area contributed by atoms with E-state index in [2.05, 4.69) is 10.6 Å². The normalized spacial score (nSPS) is 10.1. The predicted molar refractivity (Wildman–Crippen MR) is 79.8 cm³/mol. The lowest BCUT2D eigenvalue weighted by atomic mass is 10.1. The first-order chi connectivity index (χ1) is 9.47. The lowest BCUT2D eigenvalue weighted by molar-refractivity contribution is 0.0698. The van der Waals surface area contributed by atoms with Crippen molar-refractivity contribution >= 4 is 34.0 Å². The molecule has 2 aromatic rings. The van der Waals surface area contributed by atoms with E-state index in [-0.39, 0.29) is 5.56 Å². The van der Waals surface area contributed by atoms with Crippen molar-refractivity contribution in [3.63, 3.8) is 0 Å². The fraction of sp³-hybridized carbons (Fsp3) is 0.143. The molecular weight excluding hydrogens is 276 g/mol. The van der Waals surface area contributed by atoms with E-state index in [1.807, 2.05) is 26.0 Å². The fourth-order valence-corrected chi connectivity index (χ4v) is 2.43. The smallest absolute Gasteiger partial charge is 0.338 e. The van der Waals surface area contributed by atoms with Crippen molar-refractivity contribution < 1.29 is 14.7 Å². The first-order valence-electron chi connectivity index (χ1n) is 5.93. The number of hydrogen-bond acceptors (Lipinski definition) is 3. The zero-order chi connectivity index (χ0) is 14.7. The van der Waals surface area contributed by atoms with Crippen LogP contribution in [-0.2, 0) is 0 Å². The van der Waals surface area contributed by atoms with Crippen LogP contribution in [0.5, 0.6) is 0 Å². The second kappa shape index (κ2) is 5.75. The number of hydrogen-bond donors (Lipinski definition) is 3.